The molecular weight excluding hydrogens is 278 g/mol. The van der Waals surface area contributed by atoms with Gasteiger partial charge in [-0.15, -0.1) is 0 Å². The van der Waals surface area contributed by atoms with Crippen LogP contribution in [0.2, 0.25) is 0 Å². The number of hydrogen-bond acceptors (Lipinski definition) is 3. The first-order valence-electron chi connectivity index (χ1n) is 5.95. The molecule has 0 amide bonds. The van der Waals surface area contributed by atoms with Crippen molar-refractivity contribution in [1.29, 1.82) is 0 Å². The molecule has 2 aromatic rings. The minimum Gasteiger partial charge on any atom is -0.351 e. The fourth-order valence-corrected chi connectivity index (χ4v) is 2.98. The fraction of sp³-hybridized carbons (Fsp3) is 0.385. The Hall–Kier alpha value is -1.16. The molecule has 0 bridgehead atoms. The lowest BCUT2D eigenvalue weighted by atomic mass is 10.2. The number of nitrogens with one attached hydrogen (secondary N) is 1. The molecule has 17 heavy (non-hydrogen) atoms. The summed E-state index contributed by atoms with van der Waals surface area (Å²) in [6.45, 7) is 0. The zero-order valence-electron chi connectivity index (χ0n) is 9.28. The molecule has 4 heteroatoms. The van der Waals surface area contributed by atoms with Gasteiger partial charge in [0.05, 0.1) is 5.52 Å². The molecule has 2 aliphatic carbocycles. The van der Waals surface area contributed by atoms with E-state index in [1.165, 1.54) is 19.3 Å². The van der Waals surface area contributed by atoms with Crippen molar-refractivity contribution in [3.05, 3.63) is 28.9 Å². The molecule has 1 atom stereocenters. The third-order valence-corrected chi connectivity index (χ3v) is 4.59. The average Bonchev–Trinajstić information content (AvgIpc) is 3.23. The predicted octanol–water partition coefficient (Wildman–Crippen LogP) is 3.36. The molecule has 86 valence electrons. The highest BCUT2D eigenvalue weighted by atomic mass is 79.9. The van der Waals surface area contributed by atoms with Crippen LogP contribution in [0.4, 0.5) is 5.95 Å². The molecule has 4 rings (SSSR count). The molecule has 2 fully saturated rings. The van der Waals surface area contributed by atoms with Gasteiger partial charge < -0.3 is 5.32 Å². The van der Waals surface area contributed by atoms with E-state index in [4.69, 9.17) is 0 Å². The lowest BCUT2D eigenvalue weighted by molar-refractivity contribution is 0.846. The minimum atomic E-state index is 0.613. The molecule has 1 aromatic heterocycles. The minimum absolute atomic E-state index is 0.613. The van der Waals surface area contributed by atoms with Crippen LogP contribution < -0.4 is 5.32 Å². The van der Waals surface area contributed by atoms with Crippen LogP contribution in [0.3, 0.4) is 0 Å². The Morgan fingerprint density at radius 2 is 2.24 bits per heavy atom. The van der Waals surface area contributed by atoms with Crippen molar-refractivity contribution in [3.8, 4) is 0 Å². The maximum Gasteiger partial charge on any atom is 0.223 e. The molecular formula is C13H12BrN3. The van der Waals surface area contributed by atoms with Crippen LogP contribution in [0.5, 0.6) is 0 Å². The second-order valence-electron chi connectivity index (χ2n) is 5.13. The monoisotopic (exact) mass is 289 g/mol. The van der Waals surface area contributed by atoms with E-state index in [1.807, 2.05) is 24.4 Å². The van der Waals surface area contributed by atoms with Crippen LogP contribution >= 0.6 is 15.9 Å². The first-order chi connectivity index (χ1) is 8.27. The number of para-hydroxylation sites is 1. The molecule has 1 spiro atoms. The van der Waals surface area contributed by atoms with Gasteiger partial charge in [0.1, 0.15) is 0 Å². The summed E-state index contributed by atoms with van der Waals surface area (Å²) in [5.41, 5.74) is 1.61. The number of halogens is 1. The van der Waals surface area contributed by atoms with E-state index in [2.05, 4.69) is 31.2 Å². The maximum absolute atomic E-state index is 4.58. The van der Waals surface area contributed by atoms with Crippen molar-refractivity contribution >= 4 is 32.8 Å². The second kappa shape index (κ2) is 3.19. The number of anilines is 1. The van der Waals surface area contributed by atoms with E-state index in [1.54, 1.807) is 0 Å². The standard InChI is InChI=1S/C13H12BrN3/c14-9-3-1-2-8-7-15-12(17-11(8)9)16-10-6-13(10)4-5-13/h1-3,7,10H,4-6H2,(H,15,16,17). The first-order valence-corrected chi connectivity index (χ1v) is 6.74. The molecule has 1 unspecified atom stereocenters. The van der Waals surface area contributed by atoms with Crippen molar-refractivity contribution in [2.24, 2.45) is 5.41 Å². The van der Waals surface area contributed by atoms with Crippen LogP contribution in [-0.4, -0.2) is 16.0 Å². The summed E-state index contributed by atoms with van der Waals surface area (Å²) < 4.78 is 1.03. The van der Waals surface area contributed by atoms with Gasteiger partial charge in [-0.25, -0.2) is 9.97 Å². The molecule has 0 radical (unpaired) electrons. The summed E-state index contributed by atoms with van der Waals surface area (Å²) in [4.78, 5) is 8.96. The van der Waals surface area contributed by atoms with Crippen LogP contribution in [0, 0.1) is 5.41 Å². The van der Waals surface area contributed by atoms with E-state index < -0.39 is 0 Å². The Morgan fingerprint density at radius 1 is 1.35 bits per heavy atom. The zero-order chi connectivity index (χ0) is 11.5. The summed E-state index contributed by atoms with van der Waals surface area (Å²) in [6.07, 6.45) is 5.94. The van der Waals surface area contributed by atoms with Crippen molar-refractivity contribution in [2.75, 3.05) is 5.32 Å². The Balaban J connectivity index is 1.69. The normalized spacial score (nSPS) is 23.9. The predicted molar refractivity (Wildman–Crippen MR) is 70.9 cm³/mol. The van der Waals surface area contributed by atoms with Gasteiger partial charge >= 0.3 is 0 Å². The van der Waals surface area contributed by atoms with Crippen LogP contribution in [-0.2, 0) is 0 Å². The quantitative estimate of drug-likeness (QED) is 0.921. The highest BCUT2D eigenvalue weighted by molar-refractivity contribution is 9.10. The molecule has 2 aliphatic rings. The molecule has 1 heterocycles. The summed E-state index contributed by atoms with van der Waals surface area (Å²) >= 11 is 3.53. The zero-order valence-corrected chi connectivity index (χ0v) is 10.9. The Labute approximate surface area is 108 Å². The third-order valence-electron chi connectivity index (χ3n) is 3.95. The summed E-state index contributed by atoms with van der Waals surface area (Å²) in [6, 6.07) is 6.66. The van der Waals surface area contributed by atoms with Crippen molar-refractivity contribution < 1.29 is 0 Å². The molecule has 1 aromatic carbocycles. The van der Waals surface area contributed by atoms with E-state index in [9.17, 15) is 0 Å². The van der Waals surface area contributed by atoms with Gasteiger partial charge in [0.2, 0.25) is 5.95 Å². The van der Waals surface area contributed by atoms with Crippen LogP contribution in [0.1, 0.15) is 19.3 Å². The number of hydrogen-bond donors (Lipinski definition) is 1. The number of benzene rings is 1. The third kappa shape index (κ3) is 1.54. The van der Waals surface area contributed by atoms with Crippen molar-refractivity contribution in [2.45, 2.75) is 25.3 Å². The molecule has 3 nitrogen and oxygen atoms in total. The average molecular weight is 290 g/mol. The van der Waals surface area contributed by atoms with Gasteiger partial charge in [-0.2, -0.15) is 0 Å². The van der Waals surface area contributed by atoms with E-state index >= 15 is 0 Å². The lowest BCUT2D eigenvalue weighted by Gasteiger charge is -2.05. The summed E-state index contributed by atoms with van der Waals surface area (Å²) in [5.74, 6) is 0.762. The molecule has 0 saturated heterocycles. The van der Waals surface area contributed by atoms with Crippen molar-refractivity contribution in [3.63, 3.8) is 0 Å². The number of fused-ring (bicyclic) bond motifs is 1. The molecule has 2 saturated carbocycles. The fourth-order valence-electron chi connectivity index (χ4n) is 2.51. The molecule has 1 N–H and O–H groups in total. The van der Waals surface area contributed by atoms with E-state index in [0.717, 1.165) is 21.3 Å². The molecule has 0 aliphatic heterocycles. The van der Waals surface area contributed by atoms with Crippen LogP contribution in [0.25, 0.3) is 10.9 Å². The smallest absolute Gasteiger partial charge is 0.223 e. The first kappa shape index (κ1) is 9.83. The topological polar surface area (TPSA) is 37.8 Å². The Bertz CT molecular complexity index is 607. The Morgan fingerprint density at radius 3 is 3.00 bits per heavy atom. The van der Waals surface area contributed by atoms with Crippen LogP contribution in [0.15, 0.2) is 28.9 Å². The van der Waals surface area contributed by atoms with Gasteiger partial charge in [-0.05, 0) is 46.7 Å². The SMILES string of the molecule is Brc1cccc2cnc(NC3CC34CC4)nc12. The van der Waals surface area contributed by atoms with Gasteiger partial charge in [-0.1, -0.05) is 12.1 Å². The number of aromatic nitrogens is 2. The number of nitrogens with zero attached hydrogens (tertiary/aromatic N) is 2. The lowest BCUT2D eigenvalue weighted by Crippen LogP contribution is -2.08. The van der Waals surface area contributed by atoms with Gasteiger partial charge in [0.25, 0.3) is 0 Å². The number of rotatable bonds is 2. The summed E-state index contributed by atoms with van der Waals surface area (Å²) in [5, 5.41) is 4.52. The highest BCUT2D eigenvalue weighted by Gasteiger charge is 2.63. The summed E-state index contributed by atoms with van der Waals surface area (Å²) in [7, 11) is 0. The van der Waals surface area contributed by atoms with E-state index in [-0.39, 0.29) is 0 Å². The van der Waals surface area contributed by atoms with E-state index in [0.29, 0.717) is 11.5 Å². The largest absolute Gasteiger partial charge is 0.351 e. The van der Waals surface area contributed by atoms with Gasteiger partial charge in [0, 0.05) is 22.1 Å². The maximum atomic E-state index is 4.58. The van der Waals surface area contributed by atoms with Crippen molar-refractivity contribution in [1.82, 2.24) is 9.97 Å². The Kier molecular flexibility index (Phi) is 1.85. The highest BCUT2D eigenvalue weighted by Crippen LogP contribution is 2.66. The van der Waals surface area contributed by atoms with Gasteiger partial charge in [0.15, 0.2) is 0 Å². The second-order valence-corrected chi connectivity index (χ2v) is 5.99. The van der Waals surface area contributed by atoms with Gasteiger partial charge in [-0.3, -0.25) is 0 Å².